The summed E-state index contributed by atoms with van der Waals surface area (Å²) in [5.74, 6) is -1.11. The molecule has 0 radical (unpaired) electrons. The quantitative estimate of drug-likeness (QED) is 0.803. The molecule has 112 valence electrons. The van der Waals surface area contributed by atoms with Crippen molar-refractivity contribution in [3.63, 3.8) is 0 Å². The van der Waals surface area contributed by atoms with Crippen molar-refractivity contribution in [1.82, 2.24) is 5.32 Å². The summed E-state index contributed by atoms with van der Waals surface area (Å²) in [6.07, 6.45) is -0.554. The van der Waals surface area contributed by atoms with Gasteiger partial charge in [0.2, 0.25) is 0 Å². The summed E-state index contributed by atoms with van der Waals surface area (Å²) >= 11 is 0. The number of hydrogen-bond acceptors (Lipinski definition) is 4. The van der Waals surface area contributed by atoms with Gasteiger partial charge in [-0.25, -0.2) is 9.59 Å². The van der Waals surface area contributed by atoms with Crippen molar-refractivity contribution in [2.45, 2.75) is 65.2 Å². The van der Waals surface area contributed by atoms with Gasteiger partial charge in [0.25, 0.3) is 0 Å². The van der Waals surface area contributed by atoms with Crippen LogP contribution in [-0.2, 0) is 14.3 Å². The number of ether oxygens (including phenoxy) is 2. The van der Waals surface area contributed by atoms with Crippen molar-refractivity contribution >= 4 is 12.1 Å². The zero-order valence-electron chi connectivity index (χ0n) is 12.6. The predicted octanol–water partition coefficient (Wildman–Crippen LogP) is 2.17. The van der Waals surface area contributed by atoms with Gasteiger partial charge in [-0.05, 0) is 41.5 Å². The molecule has 0 aromatic rings. The number of rotatable bonds is 5. The Hall–Kier alpha value is -1.30. The highest BCUT2D eigenvalue weighted by Gasteiger charge is 2.24. The molecule has 0 saturated carbocycles. The molecule has 0 aliphatic heterocycles. The fourth-order valence-electron chi connectivity index (χ4n) is 1.19. The van der Waals surface area contributed by atoms with E-state index in [0.717, 1.165) is 0 Å². The Morgan fingerprint density at radius 3 is 2.00 bits per heavy atom. The van der Waals surface area contributed by atoms with Crippen molar-refractivity contribution < 1.29 is 24.2 Å². The Labute approximate surface area is 114 Å². The molecule has 0 aromatic heterocycles. The van der Waals surface area contributed by atoms with E-state index in [4.69, 9.17) is 14.6 Å². The van der Waals surface area contributed by atoms with Crippen LogP contribution in [0, 0.1) is 0 Å². The van der Waals surface area contributed by atoms with Gasteiger partial charge in [-0.3, -0.25) is 0 Å². The lowest BCUT2D eigenvalue weighted by atomic mass is 10.2. The van der Waals surface area contributed by atoms with Crippen molar-refractivity contribution in [3.8, 4) is 0 Å². The summed E-state index contributed by atoms with van der Waals surface area (Å²) in [6, 6.07) is -1.02. The predicted molar refractivity (Wildman–Crippen MR) is 71.1 cm³/mol. The molecule has 0 heterocycles. The lowest BCUT2D eigenvalue weighted by Gasteiger charge is -2.23. The maximum absolute atomic E-state index is 11.5. The van der Waals surface area contributed by atoms with Crippen molar-refractivity contribution in [2.24, 2.45) is 0 Å². The number of hydrogen-bond donors (Lipinski definition) is 2. The molecule has 1 amide bonds. The van der Waals surface area contributed by atoms with E-state index < -0.39 is 23.7 Å². The highest BCUT2D eigenvalue weighted by atomic mass is 16.6. The first-order valence-corrected chi connectivity index (χ1v) is 6.27. The molecule has 0 rings (SSSR count). The van der Waals surface area contributed by atoms with E-state index in [1.54, 1.807) is 20.8 Å². The van der Waals surface area contributed by atoms with Gasteiger partial charge in [0.05, 0.1) is 5.60 Å². The molecule has 6 heteroatoms. The highest BCUT2D eigenvalue weighted by Crippen LogP contribution is 2.09. The molecular weight excluding hydrogens is 250 g/mol. The minimum absolute atomic E-state index is 0.186. The van der Waals surface area contributed by atoms with E-state index >= 15 is 0 Å². The molecule has 0 aliphatic carbocycles. The van der Waals surface area contributed by atoms with Gasteiger partial charge >= 0.3 is 12.1 Å². The monoisotopic (exact) mass is 275 g/mol. The van der Waals surface area contributed by atoms with Crippen LogP contribution in [0.3, 0.4) is 0 Å². The van der Waals surface area contributed by atoms with Gasteiger partial charge in [-0.2, -0.15) is 0 Å². The zero-order valence-corrected chi connectivity index (χ0v) is 12.6. The smallest absolute Gasteiger partial charge is 0.408 e. The largest absolute Gasteiger partial charge is 0.480 e. The number of amides is 1. The van der Waals surface area contributed by atoms with E-state index in [1.165, 1.54) is 0 Å². The Bertz CT molecular complexity index is 314. The third-order valence-electron chi connectivity index (χ3n) is 1.93. The molecule has 0 unspecified atom stereocenters. The molecule has 0 saturated heterocycles. The lowest BCUT2D eigenvalue weighted by molar-refractivity contribution is -0.140. The van der Waals surface area contributed by atoms with Crippen LogP contribution < -0.4 is 5.32 Å². The molecule has 19 heavy (non-hydrogen) atoms. The Balaban J connectivity index is 4.28. The zero-order chi connectivity index (χ0) is 15.3. The number of carboxylic acid groups (broad SMARTS) is 1. The molecule has 0 fully saturated rings. The second-order valence-corrected chi connectivity index (χ2v) is 6.29. The van der Waals surface area contributed by atoms with Gasteiger partial charge in [0.15, 0.2) is 0 Å². The molecule has 2 N–H and O–H groups in total. The summed E-state index contributed by atoms with van der Waals surface area (Å²) in [6.45, 7) is 11.0. The fourth-order valence-corrected chi connectivity index (χ4v) is 1.19. The second kappa shape index (κ2) is 6.75. The van der Waals surface area contributed by atoms with Crippen LogP contribution in [0.5, 0.6) is 0 Å². The van der Waals surface area contributed by atoms with Crippen LogP contribution >= 0.6 is 0 Å². The molecule has 6 nitrogen and oxygen atoms in total. The standard InChI is InChI=1S/C13H25NO5/c1-12(2,3)18-8-7-9(10(15)16)14-11(17)19-13(4,5)6/h9H,7-8H2,1-6H3,(H,14,17)(H,15,16)/t9-/m0/s1. The number of nitrogens with one attached hydrogen (secondary N) is 1. The molecule has 0 bridgehead atoms. The van der Waals surface area contributed by atoms with Crippen molar-refractivity contribution in [1.29, 1.82) is 0 Å². The van der Waals surface area contributed by atoms with Gasteiger partial charge in [0, 0.05) is 13.0 Å². The van der Waals surface area contributed by atoms with Crippen LogP contribution in [0.1, 0.15) is 48.0 Å². The second-order valence-electron chi connectivity index (χ2n) is 6.29. The topological polar surface area (TPSA) is 84.9 Å². The number of carboxylic acids is 1. The number of carbonyl (C=O) groups excluding carboxylic acids is 1. The maximum Gasteiger partial charge on any atom is 0.408 e. The number of alkyl carbamates (subject to hydrolysis) is 1. The van der Waals surface area contributed by atoms with E-state index in [1.807, 2.05) is 20.8 Å². The van der Waals surface area contributed by atoms with Crippen LogP contribution in [0.25, 0.3) is 0 Å². The van der Waals surface area contributed by atoms with E-state index in [0.29, 0.717) is 0 Å². The highest BCUT2D eigenvalue weighted by molar-refractivity contribution is 5.79. The lowest BCUT2D eigenvalue weighted by Crippen LogP contribution is -2.44. The Kier molecular flexibility index (Phi) is 6.29. The third-order valence-corrected chi connectivity index (χ3v) is 1.93. The summed E-state index contributed by atoms with van der Waals surface area (Å²) in [5, 5.41) is 11.3. The first kappa shape index (κ1) is 17.7. The van der Waals surface area contributed by atoms with E-state index in [2.05, 4.69) is 5.32 Å². The fraction of sp³-hybridized carbons (Fsp3) is 0.846. The summed E-state index contributed by atoms with van der Waals surface area (Å²) in [4.78, 5) is 22.5. The summed E-state index contributed by atoms with van der Waals surface area (Å²) < 4.78 is 10.4. The minimum Gasteiger partial charge on any atom is -0.480 e. The molecule has 0 aromatic carbocycles. The Morgan fingerprint density at radius 1 is 1.11 bits per heavy atom. The van der Waals surface area contributed by atoms with Crippen molar-refractivity contribution in [2.75, 3.05) is 6.61 Å². The number of aliphatic carboxylic acids is 1. The first-order valence-electron chi connectivity index (χ1n) is 6.27. The average molecular weight is 275 g/mol. The normalized spacial score (nSPS) is 13.8. The van der Waals surface area contributed by atoms with Crippen LogP contribution in [0.2, 0.25) is 0 Å². The Morgan fingerprint density at radius 2 is 1.63 bits per heavy atom. The average Bonchev–Trinajstić information content (AvgIpc) is 2.10. The van der Waals surface area contributed by atoms with E-state index in [9.17, 15) is 9.59 Å². The van der Waals surface area contributed by atoms with Crippen LogP contribution in [-0.4, -0.2) is 41.0 Å². The minimum atomic E-state index is -1.11. The molecular formula is C13H25NO5. The SMILES string of the molecule is CC(C)(C)OCC[C@H](NC(=O)OC(C)(C)C)C(=O)O. The van der Waals surface area contributed by atoms with Crippen LogP contribution in [0.15, 0.2) is 0 Å². The van der Waals surface area contributed by atoms with E-state index in [-0.39, 0.29) is 18.6 Å². The summed E-state index contributed by atoms with van der Waals surface area (Å²) in [5.41, 5.74) is -0.996. The van der Waals surface area contributed by atoms with Gasteiger partial charge < -0.3 is 19.9 Å². The number of carbonyl (C=O) groups is 2. The van der Waals surface area contributed by atoms with Gasteiger partial charge in [-0.1, -0.05) is 0 Å². The summed E-state index contributed by atoms with van der Waals surface area (Å²) in [7, 11) is 0. The molecule has 0 spiro atoms. The van der Waals surface area contributed by atoms with Crippen LogP contribution in [0.4, 0.5) is 4.79 Å². The first-order chi connectivity index (χ1) is 8.41. The van der Waals surface area contributed by atoms with Gasteiger partial charge in [0.1, 0.15) is 11.6 Å². The van der Waals surface area contributed by atoms with Crippen molar-refractivity contribution in [3.05, 3.63) is 0 Å². The molecule has 1 atom stereocenters. The van der Waals surface area contributed by atoms with Gasteiger partial charge in [-0.15, -0.1) is 0 Å². The third kappa shape index (κ3) is 10.3. The maximum atomic E-state index is 11.5. The molecule has 0 aliphatic rings.